The molecule has 16 heavy (non-hydrogen) atoms. The largest absolute Gasteiger partial charge is 0.313 e. The van der Waals surface area contributed by atoms with Crippen molar-refractivity contribution in [1.29, 1.82) is 0 Å². The summed E-state index contributed by atoms with van der Waals surface area (Å²) in [6.07, 6.45) is 10.7. The Morgan fingerprint density at radius 3 is 2.94 bits per heavy atom. The van der Waals surface area contributed by atoms with Gasteiger partial charge in [0, 0.05) is 19.3 Å². The fourth-order valence-corrected chi connectivity index (χ4v) is 2.32. The zero-order valence-electron chi connectivity index (χ0n) is 10.4. The first-order valence-corrected chi connectivity index (χ1v) is 6.50. The topological polar surface area (TPSA) is 29.9 Å². The normalized spacial score (nSPS) is 17.6. The molecule has 1 heterocycles. The quantitative estimate of drug-likeness (QED) is 0.764. The second-order valence-corrected chi connectivity index (χ2v) is 4.96. The van der Waals surface area contributed by atoms with E-state index in [1.807, 2.05) is 17.9 Å². The smallest absolute Gasteiger partial charge is 0.0522 e. The van der Waals surface area contributed by atoms with E-state index < -0.39 is 0 Å². The summed E-state index contributed by atoms with van der Waals surface area (Å²) in [5.41, 5.74) is 1.33. The van der Waals surface area contributed by atoms with Crippen LogP contribution in [-0.2, 0) is 13.5 Å². The van der Waals surface area contributed by atoms with Crippen molar-refractivity contribution >= 4 is 0 Å². The molecule has 0 aliphatic heterocycles. The summed E-state index contributed by atoms with van der Waals surface area (Å²) < 4.78 is 1.87. The van der Waals surface area contributed by atoms with Gasteiger partial charge in [0.05, 0.1) is 6.20 Å². The molecule has 2 rings (SSSR count). The number of hydrogen-bond acceptors (Lipinski definition) is 2. The highest BCUT2D eigenvalue weighted by atomic mass is 15.2. The first-order valence-electron chi connectivity index (χ1n) is 6.50. The van der Waals surface area contributed by atoms with Crippen LogP contribution in [-0.4, -0.2) is 22.4 Å². The van der Waals surface area contributed by atoms with Gasteiger partial charge in [0.15, 0.2) is 0 Å². The molecule has 0 spiro atoms. The molecule has 0 radical (unpaired) electrons. The molecular formula is C13H23N3. The molecule has 0 bridgehead atoms. The Balaban J connectivity index is 1.69. The Kier molecular flexibility index (Phi) is 3.99. The zero-order valence-corrected chi connectivity index (χ0v) is 10.4. The molecule has 0 amide bonds. The molecule has 90 valence electrons. The minimum atomic E-state index is 0.765. The van der Waals surface area contributed by atoms with E-state index in [1.54, 1.807) is 0 Å². The van der Waals surface area contributed by atoms with Crippen LogP contribution < -0.4 is 5.32 Å². The number of hydrogen-bond donors (Lipinski definition) is 1. The number of nitrogens with zero attached hydrogens (tertiary/aromatic N) is 2. The maximum absolute atomic E-state index is 4.19. The van der Waals surface area contributed by atoms with Gasteiger partial charge < -0.3 is 5.32 Å². The molecule has 1 fully saturated rings. The molecule has 1 aliphatic carbocycles. The maximum Gasteiger partial charge on any atom is 0.0522 e. The summed E-state index contributed by atoms with van der Waals surface area (Å²) in [6, 6.07) is 0.765. The molecule has 1 unspecified atom stereocenters. The van der Waals surface area contributed by atoms with E-state index in [2.05, 4.69) is 23.5 Å². The summed E-state index contributed by atoms with van der Waals surface area (Å²) >= 11 is 0. The second-order valence-electron chi connectivity index (χ2n) is 4.96. The van der Waals surface area contributed by atoms with Crippen LogP contribution in [0.4, 0.5) is 0 Å². The van der Waals surface area contributed by atoms with Crippen LogP contribution in [0, 0.1) is 5.92 Å². The SMILES string of the molecule is CCCC(NCCc1cnn(C)c1)C1CC1. The van der Waals surface area contributed by atoms with Gasteiger partial charge in [-0.2, -0.15) is 5.10 Å². The molecule has 0 aromatic carbocycles. The predicted molar refractivity (Wildman–Crippen MR) is 66.3 cm³/mol. The number of rotatable bonds is 7. The molecule has 3 nitrogen and oxygen atoms in total. The lowest BCUT2D eigenvalue weighted by molar-refractivity contribution is 0.434. The minimum absolute atomic E-state index is 0.765. The van der Waals surface area contributed by atoms with E-state index in [9.17, 15) is 0 Å². The average molecular weight is 221 g/mol. The molecule has 0 saturated heterocycles. The second kappa shape index (κ2) is 5.48. The van der Waals surface area contributed by atoms with Crippen molar-refractivity contribution < 1.29 is 0 Å². The van der Waals surface area contributed by atoms with Crippen LogP contribution >= 0.6 is 0 Å². The highest BCUT2D eigenvalue weighted by Crippen LogP contribution is 2.34. The fourth-order valence-electron chi connectivity index (χ4n) is 2.32. The molecule has 1 aromatic heterocycles. The lowest BCUT2D eigenvalue weighted by Gasteiger charge is -2.16. The Labute approximate surface area is 98.2 Å². The zero-order chi connectivity index (χ0) is 11.4. The van der Waals surface area contributed by atoms with Crippen LogP contribution in [0.3, 0.4) is 0 Å². The van der Waals surface area contributed by atoms with Gasteiger partial charge in [0.2, 0.25) is 0 Å². The summed E-state index contributed by atoms with van der Waals surface area (Å²) in [7, 11) is 1.97. The van der Waals surface area contributed by atoms with Crippen molar-refractivity contribution in [3.63, 3.8) is 0 Å². The van der Waals surface area contributed by atoms with E-state index in [1.165, 1.54) is 31.2 Å². The Morgan fingerprint density at radius 2 is 2.38 bits per heavy atom. The third-order valence-corrected chi connectivity index (χ3v) is 3.37. The van der Waals surface area contributed by atoms with Gasteiger partial charge in [-0.05, 0) is 43.7 Å². The molecule has 1 saturated carbocycles. The van der Waals surface area contributed by atoms with Crippen molar-refractivity contribution in [2.75, 3.05) is 6.54 Å². The van der Waals surface area contributed by atoms with Gasteiger partial charge in [-0.15, -0.1) is 0 Å². The van der Waals surface area contributed by atoms with Crippen molar-refractivity contribution in [3.8, 4) is 0 Å². The molecule has 1 aliphatic rings. The molecule has 1 aromatic rings. The number of aromatic nitrogens is 2. The predicted octanol–water partition coefficient (Wildman–Crippen LogP) is 2.13. The van der Waals surface area contributed by atoms with E-state index in [0.717, 1.165) is 24.9 Å². The van der Waals surface area contributed by atoms with E-state index >= 15 is 0 Å². The van der Waals surface area contributed by atoms with Gasteiger partial charge in [-0.1, -0.05) is 13.3 Å². The standard InChI is InChI=1S/C13H23N3/c1-3-4-13(12-5-6-12)14-8-7-11-9-15-16(2)10-11/h9-10,12-14H,3-8H2,1-2H3. The highest BCUT2D eigenvalue weighted by Gasteiger charge is 2.29. The number of aryl methyl sites for hydroxylation is 1. The fraction of sp³-hybridized carbons (Fsp3) is 0.769. The summed E-state index contributed by atoms with van der Waals surface area (Å²) in [4.78, 5) is 0. The lowest BCUT2D eigenvalue weighted by atomic mass is 10.1. The third-order valence-electron chi connectivity index (χ3n) is 3.37. The van der Waals surface area contributed by atoms with Crippen molar-refractivity contribution in [2.24, 2.45) is 13.0 Å². The van der Waals surface area contributed by atoms with Gasteiger partial charge in [-0.25, -0.2) is 0 Å². The van der Waals surface area contributed by atoms with Crippen LogP contribution in [0.5, 0.6) is 0 Å². The minimum Gasteiger partial charge on any atom is -0.313 e. The van der Waals surface area contributed by atoms with Crippen molar-refractivity contribution in [2.45, 2.75) is 45.1 Å². The van der Waals surface area contributed by atoms with E-state index in [-0.39, 0.29) is 0 Å². The average Bonchev–Trinajstić information content (AvgIpc) is 3.02. The molecule has 3 heteroatoms. The van der Waals surface area contributed by atoms with E-state index in [4.69, 9.17) is 0 Å². The first-order chi connectivity index (χ1) is 7.79. The number of nitrogens with one attached hydrogen (secondary N) is 1. The molecular weight excluding hydrogens is 198 g/mol. The van der Waals surface area contributed by atoms with Crippen molar-refractivity contribution in [3.05, 3.63) is 18.0 Å². The van der Waals surface area contributed by atoms with Crippen LogP contribution in [0.1, 0.15) is 38.2 Å². The lowest BCUT2D eigenvalue weighted by Crippen LogP contribution is -2.32. The van der Waals surface area contributed by atoms with Crippen LogP contribution in [0.2, 0.25) is 0 Å². The molecule has 1 atom stereocenters. The van der Waals surface area contributed by atoms with Crippen LogP contribution in [0.15, 0.2) is 12.4 Å². The summed E-state index contributed by atoms with van der Waals surface area (Å²) in [5.74, 6) is 0.967. The maximum atomic E-state index is 4.19. The van der Waals surface area contributed by atoms with Crippen LogP contribution in [0.25, 0.3) is 0 Å². The Bertz CT molecular complexity index is 315. The monoisotopic (exact) mass is 221 g/mol. The highest BCUT2D eigenvalue weighted by molar-refractivity contribution is 5.04. The van der Waals surface area contributed by atoms with Gasteiger partial charge >= 0.3 is 0 Å². The summed E-state index contributed by atoms with van der Waals surface area (Å²) in [6.45, 7) is 3.37. The Morgan fingerprint density at radius 1 is 1.56 bits per heavy atom. The van der Waals surface area contributed by atoms with Gasteiger partial charge in [0.25, 0.3) is 0 Å². The first kappa shape index (κ1) is 11.6. The van der Waals surface area contributed by atoms with Crippen molar-refractivity contribution in [1.82, 2.24) is 15.1 Å². The van der Waals surface area contributed by atoms with E-state index in [0.29, 0.717) is 0 Å². The third kappa shape index (κ3) is 3.34. The van der Waals surface area contributed by atoms with Gasteiger partial charge in [-0.3, -0.25) is 4.68 Å². The van der Waals surface area contributed by atoms with Gasteiger partial charge in [0.1, 0.15) is 0 Å². The summed E-state index contributed by atoms with van der Waals surface area (Å²) in [5, 5.41) is 7.89. The Hall–Kier alpha value is -0.830. The molecule has 1 N–H and O–H groups in total.